The number of aliphatic hydroxyl groups is 1. The maximum atomic E-state index is 9.05. The van der Waals surface area contributed by atoms with Crippen molar-refractivity contribution in [2.75, 3.05) is 6.61 Å². The Balaban J connectivity index is 2.49. The topological polar surface area (TPSA) is 20.2 Å². The molecule has 0 atom stereocenters. The van der Waals surface area contributed by atoms with Crippen molar-refractivity contribution in [3.8, 4) is 0 Å². The van der Waals surface area contributed by atoms with Gasteiger partial charge in [-0.3, -0.25) is 0 Å². The molecule has 0 amide bonds. The highest BCUT2D eigenvalue weighted by Crippen LogP contribution is 2.15. The minimum absolute atomic E-state index is 0.243. The van der Waals surface area contributed by atoms with E-state index in [2.05, 4.69) is 19.1 Å². The summed E-state index contributed by atoms with van der Waals surface area (Å²) in [5.41, 5.74) is 2.73. The van der Waals surface area contributed by atoms with Crippen LogP contribution in [0.1, 0.15) is 45.4 Å². The van der Waals surface area contributed by atoms with Gasteiger partial charge in [-0.05, 0) is 51.0 Å². The van der Waals surface area contributed by atoms with E-state index in [1.54, 1.807) is 0 Å². The Labute approximate surface area is 81.2 Å². The van der Waals surface area contributed by atoms with Gasteiger partial charge in [-0.1, -0.05) is 17.7 Å². The van der Waals surface area contributed by atoms with Gasteiger partial charge in [0.05, 0.1) is 6.61 Å². The smallest absolute Gasteiger partial charge is 0.0641 e. The first-order chi connectivity index (χ1) is 6.33. The Bertz CT molecular complexity index is 201. The summed E-state index contributed by atoms with van der Waals surface area (Å²) in [7, 11) is 0. The van der Waals surface area contributed by atoms with Crippen LogP contribution in [0.25, 0.3) is 0 Å². The predicted octanol–water partition coefficient (Wildman–Crippen LogP) is 3.21. The van der Waals surface area contributed by atoms with E-state index in [-0.39, 0.29) is 6.61 Å². The van der Waals surface area contributed by atoms with Gasteiger partial charge in [0.25, 0.3) is 0 Å². The van der Waals surface area contributed by atoms with E-state index in [9.17, 15) is 0 Å². The molecule has 0 aromatic carbocycles. The van der Waals surface area contributed by atoms with Crippen LogP contribution in [0.4, 0.5) is 0 Å². The molecule has 0 radical (unpaired) electrons. The minimum atomic E-state index is 0.243. The van der Waals surface area contributed by atoms with Crippen molar-refractivity contribution in [2.24, 2.45) is 0 Å². The fourth-order valence-corrected chi connectivity index (χ4v) is 1.71. The largest absolute Gasteiger partial charge is 0.392 e. The lowest BCUT2D eigenvalue weighted by Crippen LogP contribution is -1.92. The molecule has 0 aromatic heterocycles. The lowest BCUT2D eigenvalue weighted by molar-refractivity contribution is 0.326. The van der Waals surface area contributed by atoms with Crippen LogP contribution >= 0.6 is 0 Å². The lowest BCUT2D eigenvalue weighted by Gasteiger charge is -2.07. The van der Waals surface area contributed by atoms with E-state index >= 15 is 0 Å². The number of hydrogen-bond acceptors (Lipinski definition) is 1. The van der Waals surface area contributed by atoms with Crippen molar-refractivity contribution in [1.82, 2.24) is 0 Å². The molecule has 1 aliphatic rings. The first kappa shape index (κ1) is 10.5. The second-order valence-electron chi connectivity index (χ2n) is 3.86. The molecule has 0 heterocycles. The van der Waals surface area contributed by atoms with Crippen molar-refractivity contribution in [3.05, 3.63) is 23.3 Å². The Kier molecular flexibility index (Phi) is 4.84. The van der Waals surface area contributed by atoms with E-state index in [0.29, 0.717) is 0 Å². The van der Waals surface area contributed by atoms with Crippen LogP contribution in [0.2, 0.25) is 0 Å². The van der Waals surface area contributed by atoms with Crippen molar-refractivity contribution >= 4 is 0 Å². The van der Waals surface area contributed by atoms with Crippen LogP contribution in [0.15, 0.2) is 23.3 Å². The molecule has 0 bridgehead atoms. The van der Waals surface area contributed by atoms with Gasteiger partial charge in [0.2, 0.25) is 0 Å². The van der Waals surface area contributed by atoms with E-state index in [1.807, 2.05) is 0 Å². The normalized spacial score (nSPS) is 28.5. The van der Waals surface area contributed by atoms with Crippen LogP contribution in [-0.4, -0.2) is 11.7 Å². The zero-order chi connectivity index (χ0) is 9.52. The molecular formula is C12H20O. The molecule has 1 nitrogen and oxygen atoms in total. The third-order valence-corrected chi connectivity index (χ3v) is 2.62. The fourth-order valence-electron chi connectivity index (χ4n) is 1.71. The second-order valence-corrected chi connectivity index (χ2v) is 3.86. The molecule has 0 aliphatic heterocycles. The fraction of sp³-hybridized carbons (Fsp3) is 0.667. The molecule has 0 spiro atoms. The molecule has 74 valence electrons. The monoisotopic (exact) mass is 180 g/mol. The number of allylic oxidation sites excluding steroid dienone is 3. The Morgan fingerprint density at radius 1 is 1.15 bits per heavy atom. The summed E-state index contributed by atoms with van der Waals surface area (Å²) in [6.45, 7) is 2.46. The quantitative estimate of drug-likeness (QED) is 0.614. The van der Waals surface area contributed by atoms with E-state index in [0.717, 1.165) is 19.3 Å². The standard InChI is InChI=1S/C12H20O/c1-11-6-3-2-4-8-12(10-13)9-5-7-11/h7-8,13H,2-6,9-10H2,1H3/b11-7+,12-8-. The molecule has 1 N–H and O–H groups in total. The van der Waals surface area contributed by atoms with Gasteiger partial charge in [0.1, 0.15) is 0 Å². The third kappa shape index (κ3) is 4.28. The highest BCUT2D eigenvalue weighted by molar-refractivity contribution is 5.07. The van der Waals surface area contributed by atoms with Gasteiger partial charge in [-0.2, -0.15) is 0 Å². The van der Waals surface area contributed by atoms with Gasteiger partial charge >= 0.3 is 0 Å². The molecule has 0 saturated carbocycles. The summed E-state index contributed by atoms with van der Waals surface area (Å²) >= 11 is 0. The molecule has 1 heteroatoms. The molecular weight excluding hydrogens is 160 g/mol. The first-order valence-electron chi connectivity index (χ1n) is 5.27. The molecule has 0 unspecified atom stereocenters. The van der Waals surface area contributed by atoms with Crippen LogP contribution in [0.3, 0.4) is 0 Å². The highest BCUT2D eigenvalue weighted by atomic mass is 16.3. The maximum absolute atomic E-state index is 9.05. The summed E-state index contributed by atoms with van der Waals surface area (Å²) in [5, 5.41) is 9.05. The summed E-state index contributed by atoms with van der Waals surface area (Å²) in [4.78, 5) is 0. The van der Waals surface area contributed by atoms with Crippen LogP contribution in [-0.2, 0) is 0 Å². The van der Waals surface area contributed by atoms with Crippen LogP contribution in [0.5, 0.6) is 0 Å². The summed E-state index contributed by atoms with van der Waals surface area (Å²) < 4.78 is 0. The molecule has 0 aromatic rings. The lowest BCUT2D eigenvalue weighted by atomic mass is 10.0. The van der Waals surface area contributed by atoms with E-state index in [4.69, 9.17) is 5.11 Å². The van der Waals surface area contributed by atoms with Crippen LogP contribution in [0, 0.1) is 0 Å². The SMILES string of the molecule is C/C1=C\CC/C(CO)=C/CCCC1. The summed E-state index contributed by atoms with van der Waals surface area (Å²) in [6.07, 6.45) is 11.6. The number of hydrogen-bond donors (Lipinski definition) is 1. The van der Waals surface area contributed by atoms with Crippen molar-refractivity contribution in [3.63, 3.8) is 0 Å². The molecule has 0 fully saturated rings. The van der Waals surface area contributed by atoms with E-state index < -0.39 is 0 Å². The van der Waals surface area contributed by atoms with E-state index in [1.165, 1.54) is 30.4 Å². The highest BCUT2D eigenvalue weighted by Gasteiger charge is 1.98. The van der Waals surface area contributed by atoms with Gasteiger partial charge in [0.15, 0.2) is 0 Å². The van der Waals surface area contributed by atoms with Crippen molar-refractivity contribution in [1.29, 1.82) is 0 Å². The Hall–Kier alpha value is -0.560. The van der Waals surface area contributed by atoms with Gasteiger partial charge in [-0.25, -0.2) is 0 Å². The minimum Gasteiger partial charge on any atom is -0.392 e. The van der Waals surface area contributed by atoms with Gasteiger partial charge in [0, 0.05) is 0 Å². The van der Waals surface area contributed by atoms with Crippen molar-refractivity contribution < 1.29 is 5.11 Å². The number of aliphatic hydroxyl groups excluding tert-OH is 1. The summed E-state index contributed by atoms with van der Waals surface area (Å²) in [6, 6.07) is 0. The molecule has 0 saturated heterocycles. The zero-order valence-corrected chi connectivity index (χ0v) is 8.55. The average molecular weight is 180 g/mol. The molecule has 1 aliphatic carbocycles. The number of rotatable bonds is 1. The molecule has 13 heavy (non-hydrogen) atoms. The third-order valence-electron chi connectivity index (χ3n) is 2.62. The second kappa shape index (κ2) is 5.98. The molecule has 1 rings (SSSR count). The predicted molar refractivity (Wildman–Crippen MR) is 56.6 cm³/mol. The average Bonchev–Trinajstić information content (AvgIpc) is 2.15. The van der Waals surface area contributed by atoms with Gasteiger partial charge in [-0.15, -0.1) is 0 Å². The van der Waals surface area contributed by atoms with Crippen molar-refractivity contribution in [2.45, 2.75) is 45.4 Å². The van der Waals surface area contributed by atoms with Crippen LogP contribution < -0.4 is 0 Å². The van der Waals surface area contributed by atoms with Gasteiger partial charge < -0.3 is 5.11 Å². The zero-order valence-electron chi connectivity index (χ0n) is 8.55. The Morgan fingerprint density at radius 3 is 2.77 bits per heavy atom. The maximum Gasteiger partial charge on any atom is 0.0641 e. The summed E-state index contributed by atoms with van der Waals surface area (Å²) in [5.74, 6) is 0. The Morgan fingerprint density at radius 2 is 2.00 bits per heavy atom. The first-order valence-corrected chi connectivity index (χ1v) is 5.27.